The van der Waals surface area contributed by atoms with E-state index in [0.717, 1.165) is 6.07 Å². The second-order valence-electron chi connectivity index (χ2n) is 3.19. The molecule has 0 fully saturated rings. The number of anilines is 1. The third-order valence-electron chi connectivity index (χ3n) is 1.98. The first-order valence-electron chi connectivity index (χ1n) is 4.69. The highest BCUT2D eigenvalue weighted by Crippen LogP contribution is 2.13. The van der Waals surface area contributed by atoms with Gasteiger partial charge in [0.2, 0.25) is 0 Å². The van der Waals surface area contributed by atoms with Crippen molar-refractivity contribution in [3.8, 4) is 0 Å². The normalized spacial score (nSPS) is 10.0. The van der Waals surface area contributed by atoms with Crippen LogP contribution in [-0.4, -0.2) is 15.9 Å². The number of halogens is 2. The van der Waals surface area contributed by atoms with Gasteiger partial charge in [-0.1, -0.05) is 11.6 Å². The van der Waals surface area contributed by atoms with Crippen molar-refractivity contribution in [2.75, 3.05) is 5.32 Å². The van der Waals surface area contributed by atoms with Gasteiger partial charge >= 0.3 is 0 Å². The molecule has 17 heavy (non-hydrogen) atoms. The van der Waals surface area contributed by atoms with Crippen LogP contribution in [0.25, 0.3) is 0 Å². The first-order valence-corrected chi connectivity index (χ1v) is 5.07. The van der Waals surface area contributed by atoms with E-state index in [1.54, 1.807) is 18.3 Å². The Bertz CT molecular complexity index is 548. The summed E-state index contributed by atoms with van der Waals surface area (Å²) < 4.78 is 13.1. The number of rotatable bonds is 2. The zero-order chi connectivity index (χ0) is 12.3. The van der Waals surface area contributed by atoms with E-state index in [0.29, 0.717) is 5.69 Å². The van der Waals surface area contributed by atoms with E-state index in [2.05, 4.69) is 15.3 Å². The van der Waals surface area contributed by atoms with E-state index in [1.807, 2.05) is 0 Å². The van der Waals surface area contributed by atoms with Crippen LogP contribution in [-0.2, 0) is 0 Å². The van der Waals surface area contributed by atoms with Crippen molar-refractivity contribution in [3.63, 3.8) is 0 Å². The molecule has 2 rings (SSSR count). The Morgan fingerprint density at radius 3 is 2.88 bits per heavy atom. The molecule has 0 saturated carbocycles. The standard InChI is InChI=1S/C11H7ClFN3O/c12-10-9(13)4-7(5-15-10)11(17)16-8-2-1-3-14-6-8/h1-6H,(H,16,17). The Morgan fingerprint density at radius 1 is 1.41 bits per heavy atom. The van der Waals surface area contributed by atoms with Crippen molar-refractivity contribution in [3.05, 3.63) is 53.3 Å². The minimum atomic E-state index is -0.731. The highest BCUT2D eigenvalue weighted by Gasteiger charge is 2.10. The number of nitrogens with one attached hydrogen (secondary N) is 1. The molecule has 2 heterocycles. The van der Waals surface area contributed by atoms with Crippen LogP contribution < -0.4 is 5.32 Å². The maximum absolute atomic E-state index is 13.1. The summed E-state index contributed by atoms with van der Waals surface area (Å²) >= 11 is 5.42. The van der Waals surface area contributed by atoms with Gasteiger partial charge in [-0.3, -0.25) is 9.78 Å². The minimum Gasteiger partial charge on any atom is -0.321 e. The molecule has 1 amide bonds. The van der Waals surface area contributed by atoms with Gasteiger partial charge in [0.15, 0.2) is 11.0 Å². The number of hydrogen-bond acceptors (Lipinski definition) is 3. The van der Waals surface area contributed by atoms with Crippen molar-refractivity contribution in [2.45, 2.75) is 0 Å². The lowest BCUT2D eigenvalue weighted by molar-refractivity contribution is 0.102. The monoisotopic (exact) mass is 251 g/mol. The largest absolute Gasteiger partial charge is 0.321 e. The van der Waals surface area contributed by atoms with Gasteiger partial charge in [-0.05, 0) is 18.2 Å². The van der Waals surface area contributed by atoms with Crippen LogP contribution in [0.4, 0.5) is 10.1 Å². The molecule has 1 N–H and O–H groups in total. The van der Waals surface area contributed by atoms with Gasteiger partial charge in [0.1, 0.15) is 0 Å². The van der Waals surface area contributed by atoms with E-state index < -0.39 is 11.7 Å². The number of nitrogens with zero attached hydrogens (tertiary/aromatic N) is 2. The summed E-state index contributed by atoms with van der Waals surface area (Å²) in [6.45, 7) is 0. The van der Waals surface area contributed by atoms with E-state index >= 15 is 0 Å². The van der Waals surface area contributed by atoms with Gasteiger partial charge < -0.3 is 5.32 Å². The third-order valence-corrected chi connectivity index (χ3v) is 2.26. The third kappa shape index (κ3) is 2.76. The highest BCUT2D eigenvalue weighted by molar-refractivity contribution is 6.29. The van der Waals surface area contributed by atoms with Gasteiger partial charge in [0.05, 0.1) is 17.4 Å². The predicted octanol–water partition coefficient (Wildman–Crippen LogP) is 2.52. The predicted molar refractivity (Wildman–Crippen MR) is 61.4 cm³/mol. The molecular weight excluding hydrogens is 245 g/mol. The molecule has 0 saturated heterocycles. The molecule has 0 aliphatic rings. The quantitative estimate of drug-likeness (QED) is 0.835. The molecule has 0 aromatic carbocycles. The van der Waals surface area contributed by atoms with Crippen molar-refractivity contribution in [2.24, 2.45) is 0 Å². The number of carbonyl (C=O) groups is 1. The fraction of sp³-hybridized carbons (Fsp3) is 0. The fourth-order valence-electron chi connectivity index (χ4n) is 1.19. The van der Waals surface area contributed by atoms with E-state index in [4.69, 9.17) is 11.6 Å². The van der Waals surface area contributed by atoms with Crippen molar-refractivity contribution in [1.82, 2.24) is 9.97 Å². The number of hydrogen-bond donors (Lipinski definition) is 1. The number of carbonyl (C=O) groups excluding carboxylic acids is 1. The summed E-state index contributed by atoms with van der Waals surface area (Å²) in [6.07, 6.45) is 4.27. The summed E-state index contributed by atoms with van der Waals surface area (Å²) in [5.41, 5.74) is 0.614. The maximum Gasteiger partial charge on any atom is 0.257 e. The van der Waals surface area contributed by atoms with Gasteiger partial charge in [-0.25, -0.2) is 9.37 Å². The number of aromatic nitrogens is 2. The number of pyridine rings is 2. The van der Waals surface area contributed by atoms with Gasteiger partial charge in [-0.15, -0.1) is 0 Å². The van der Waals surface area contributed by atoms with Gasteiger partial charge in [-0.2, -0.15) is 0 Å². The lowest BCUT2D eigenvalue weighted by atomic mass is 10.2. The Balaban J connectivity index is 2.18. The minimum absolute atomic E-state index is 0.0933. The van der Waals surface area contributed by atoms with E-state index in [-0.39, 0.29) is 10.7 Å². The maximum atomic E-state index is 13.1. The molecule has 2 aromatic heterocycles. The topological polar surface area (TPSA) is 54.9 Å². The van der Waals surface area contributed by atoms with E-state index in [9.17, 15) is 9.18 Å². The molecule has 0 aliphatic heterocycles. The highest BCUT2D eigenvalue weighted by atomic mass is 35.5. The molecule has 0 spiro atoms. The first-order chi connectivity index (χ1) is 8.16. The fourth-order valence-corrected chi connectivity index (χ4v) is 1.29. The van der Waals surface area contributed by atoms with Crippen molar-refractivity contribution < 1.29 is 9.18 Å². The lowest BCUT2D eigenvalue weighted by Crippen LogP contribution is -2.12. The Morgan fingerprint density at radius 2 is 2.24 bits per heavy atom. The van der Waals surface area contributed by atoms with Crippen LogP contribution in [0.5, 0.6) is 0 Å². The Labute approximate surface area is 101 Å². The molecule has 4 nitrogen and oxygen atoms in total. The Kier molecular flexibility index (Phi) is 3.30. The lowest BCUT2D eigenvalue weighted by Gasteiger charge is -2.04. The van der Waals surface area contributed by atoms with Crippen molar-refractivity contribution >= 4 is 23.2 Å². The van der Waals surface area contributed by atoms with Crippen LogP contribution in [0.1, 0.15) is 10.4 Å². The zero-order valence-electron chi connectivity index (χ0n) is 8.52. The van der Waals surface area contributed by atoms with Gasteiger partial charge in [0, 0.05) is 12.4 Å². The average Bonchev–Trinajstić information content (AvgIpc) is 2.34. The summed E-state index contributed by atoms with van der Waals surface area (Å²) in [5, 5.41) is 2.29. The molecule has 2 aromatic rings. The summed E-state index contributed by atoms with van der Waals surface area (Å²) in [4.78, 5) is 19.1. The number of amides is 1. The molecule has 0 unspecified atom stereocenters. The van der Waals surface area contributed by atoms with Crippen LogP contribution in [0.15, 0.2) is 36.8 Å². The van der Waals surface area contributed by atoms with E-state index in [1.165, 1.54) is 12.4 Å². The van der Waals surface area contributed by atoms with Crippen LogP contribution in [0.2, 0.25) is 5.15 Å². The van der Waals surface area contributed by atoms with Crippen molar-refractivity contribution in [1.29, 1.82) is 0 Å². The Hall–Kier alpha value is -2.01. The molecular formula is C11H7ClFN3O. The zero-order valence-corrected chi connectivity index (χ0v) is 9.28. The van der Waals surface area contributed by atoms with Crippen LogP contribution >= 0.6 is 11.6 Å². The molecule has 0 radical (unpaired) electrons. The van der Waals surface area contributed by atoms with Gasteiger partial charge in [0.25, 0.3) is 5.91 Å². The molecule has 86 valence electrons. The first kappa shape index (κ1) is 11.5. The van der Waals surface area contributed by atoms with Crippen LogP contribution in [0.3, 0.4) is 0 Å². The molecule has 0 aliphatic carbocycles. The molecule has 0 atom stereocenters. The molecule has 6 heteroatoms. The van der Waals surface area contributed by atoms with Crippen LogP contribution in [0, 0.1) is 5.82 Å². The summed E-state index contributed by atoms with van der Waals surface area (Å²) in [6, 6.07) is 4.38. The average molecular weight is 252 g/mol. The summed E-state index contributed by atoms with van der Waals surface area (Å²) in [5.74, 6) is -1.20. The molecule has 0 bridgehead atoms. The SMILES string of the molecule is O=C(Nc1cccnc1)c1cnc(Cl)c(F)c1. The second kappa shape index (κ2) is 4.88. The smallest absolute Gasteiger partial charge is 0.257 e. The second-order valence-corrected chi connectivity index (χ2v) is 3.55. The summed E-state index contributed by atoms with van der Waals surface area (Å²) in [7, 11) is 0.